The fourth-order valence-electron chi connectivity index (χ4n) is 2.32. The molecule has 0 saturated carbocycles. The molecule has 0 bridgehead atoms. The number of hydrogen-bond acceptors (Lipinski definition) is 4. The van der Waals surface area contributed by atoms with Crippen molar-refractivity contribution >= 4 is 5.69 Å². The van der Waals surface area contributed by atoms with Gasteiger partial charge in [-0.25, -0.2) is 13.8 Å². The number of anilines is 1. The van der Waals surface area contributed by atoms with Gasteiger partial charge < -0.3 is 15.0 Å². The first-order valence-electron chi connectivity index (χ1n) is 7.00. The average Bonchev–Trinajstić information content (AvgIpc) is 2.94. The first-order valence-corrected chi connectivity index (χ1v) is 7.00. The predicted octanol–water partition coefficient (Wildman–Crippen LogP) is 2.82. The maximum atomic E-state index is 13.7. The van der Waals surface area contributed by atoms with E-state index in [1.54, 1.807) is 6.07 Å². The molecule has 0 aliphatic rings. The highest BCUT2D eigenvalue weighted by Gasteiger charge is 2.57. The molecule has 134 valence electrons. The molecule has 5 nitrogen and oxygen atoms in total. The number of halogens is 5. The number of benzene rings is 1. The van der Waals surface area contributed by atoms with Crippen LogP contribution in [0.4, 0.5) is 27.6 Å². The second kappa shape index (κ2) is 6.68. The van der Waals surface area contributed by atoms with Gasteiger partial charge in [-0.1, -0.05) is 0 Å². The van der Waals surface area contributed by atoms with Crippen molar-refractivity contribution in [3.63, 3.8) is 0 Å². The zero-order chi connectivity index (χ0) is 18.8. The molecule has 2 N–H and O–H groups in total. The summed E-state index contributed by atoms with van der Waals surface area (Å²) in [6, 6.07) is 3.05. The number of imidazole rings is 1. The molecule has 25 heavy (non-hydrogen) atoms. The summed E-state index contributed by atoms with van der Waals surface area (Å²) < 4.78 is 68.4. The molecule has 0 spiro atoms. The molecule has 0 fully saturated rings. The van der Waals surface area contributed by atoms with Crippen LogP contribution in [0.1, 0.15) is 17.8 Å². The Morgan fingerprint density at radius 2 is 1.88 bits per heavy atom. The largest absolute Gasteiger partial charge is 0.424 e. The molecule has 0 saturated heterocycles. The maximum Gasteiger partial charge on any atom is 0.424 e. The molecule has 1 heterocycles. The van der Waals surface area contributed by atoms with Gasteiger partial charge in [0, 0.05) is 32.4 Å². The van der Waals surface area contributed by atoms with Crippen LogP contribution in [0.25, 0.3) is 0 Å². The summed E-state index contributed by atoms with van der Waals surface area (Å²) in [7, 11) is 1.28. The third-order valence-electron chi connectivity index (χ3n) is 3.62. The van der Waals surface area contributed by atoms with E-state index in [2.05, 4.69) is 10.3 Å². The average molecular weight is 360 g/mol. The zero-order valence-electron chi connectivity index (χ0n) is 12.9. The van der Waals surface area contributed by atoms with E-state index >= 15 is 0 Å². The van der Waals surface area contributed by atoms with Gasteiger partial charge in [0.15, 0.2) is 11.6 Å². The van der Waals surface area contributed by atoms with Gasteiger partial charge in [0.2, 0.25) is 5.60 Å². The van der Waals surface area contributed by atoms with E-state index < -0.39 is 47.9 Å². The van der Waals surface area contributed by atoms with Crippen molar-refractivity contribution in [1.82, 2.24) is 9.55 Å². The van der Waals surface area contributed by atoms with Gasteiger partial charge >= 0.3 is 6.18 Å². The zero-order valence-corrected chi connectivity index (χ0v) is 12.9. The van der Waals surface area contributed by atoms with Crippen LogP contribution in [-0.2, 0) is 12.6 Å². The topological polar surface area (TPSA) is 73.9 Å². The Kier molecular flexibility index (Phi) is 4.99. The lowest BCUT2D eigenvalue weighted by molar-refractivity contribution is -0.271. The highest BCUT2D eigenvalue weighted by molar-refractivity contribution is 5.50. The van der Waals surface area contributed by atoms with Crippen LogP contribution in [0.2, 0.25) is 0 Å². The van der Waals surface area contributed by atoms with Crippen LogP contribution < -0.4 is 5.32 Å². The lowest BCUT2D eigenvalue weighted by Crippen LogP contribution is -2.45. The summed E-state index contributed by atoms with van der Waals surface area (Å²) in [5, 5.41) is 20.9. The number of rotatable bonds is 5. The lowest BCUT2D eigenvalue weighted by atomic mass is 9.97. The van der Waals surface area contributed by atoms with Gasteiger partial charge in [-0.05, 0) is 12.1 Å². The molecular formula is C15H13F5N4O. The quantitative estimate of drug-likeness (QED) is 0.805. The number of hydrogen-bond donors (Lipinski definition) is 2. The summed E-state index contributed by atoms with van der Waals surface area (Å²) in [4.78, 5) is 3.52. The Morgan fingerprint density at radius 1 is 1.28 bits per heavy atom. The van der Waals surface area contributed by atoms with Crippen molar-refractivity contribution in [2.45, 2.75) is 18.2 Å². The van der Waals surface area contributed by atoms with Crippen LogP contribution in [0.3, 0.4) is 0 Å². The third kappa shape index (κ3) is 3.56. The lowest BCUT2D eigenvalue weighted by Gasteiger charge is -2.30. The second-order valence-corrected chi connectivity index (χ2v) is 5.32. The standard InChI is InChI=1S/C15H13F5N4O/c1-24-5-4-23-13(24)14(25,15(18,19)20)2-3-22-12-10(16)6-9(8-21)7-11(12)17/h4-7,22,25H,2-3H2,1H3. The fourth-order valence-corrected chi connectivity index (χ4v) is 2.32. The number of aryl methyl sites for hydroxylation is 1. The van der Waals surface area contributed by atoms with Crippen molar-refractivity contribution in [1.29, 1.82) is 5.26 Å². The van der Waals surface area contributed by atoms with Crippen molar-refractivity contribution < 1.29 is 27.1 Å². The van der Waals surface area contributed by atoms with Crippen molar-refractivity contribution in [2.24, 2.45) is 7.05 Å². The SMILES string of the molecule is Cn1ccnc1C(O)(CCNc1c(F)cc(C#N)cc1F)C(F)(F)F. The molecule has 1 aromatic carbocycles. The summed E-state index contributed by atoms with van der Waals surface area (Å²) in [5.74, 6) is -2.88. The van der Waals surface area contributed by atoms with Crippen molar-refractivity contribution in [2.75, 3.05) is 11.9 Å². The van der Waals surface area contributed by atoms with Crippen molar-refractivity contribution in [3.05, 3.63) is 47.5 Å². The molecule has 0 aliphatic heterocycles. The first-order chi connectivity index (χ1) is 11.6. The van der Waals surface area contributed by atoms with E-state index in [9.17, 15) is 27.1 Å². The highest BCUT2D eigenvalue weighted by atomic mass is 19.4. The minimum absolute atomic E-state index is 0.264. The monoisotopic (exact) mass is 360 g/mol. The van der Waals surface area contributed by atoms with E-state index in [1.807, 2.05) is 0 Å². The normalized spacial score (nSPS) is 14.0. The second-order valence-electron chi connectivity index (χ2n) is 5.32. The molecule has 1 unspecified atom stereocenters. The van der Waals surface area contributed by atoms with E-state index in [-0.39, 0.29) is 5.56 Å². The number of nitrogens with zero attached hydrogens (tertiary/aromatic N) is 3. The van der Waals surface area contributed by atoms with Crippen LogP contribution in [-0.4, -0.2) is 27.4 Å². The predicted molar refractivity (Wildman–Crippen MR) is 77.3 cm³/mol. The highest BCUT2D eigenvalue weighted by Crippen LogP contribution is 2.40. The van der Waals surface area contributed by atoms with Gasteiger partial charge in [-0.15, -0.1) is 0 Å². The molecule has 1 atom stereocenters. The van der Waals surface area contributed by atoms with Crippen molar-refractivity contribution in [3.8, 4) is 6.07 Å². The van der Waals surface area contributed by atoms with E-state index in [0.29, 0.717) is 0 Å². The summed E-state index contributed by atoms with van der Waals surface area (Å²) >= 11 is 0. The minimum Gasteiger partial charge on any atom is -0.380 e. The minimum atomic E-state index is -5.05. The molecule has 0 aliphatic carbocycles. The van der Waals surface area contributed by atoms with Gasteiger partial charge in [0.25, 0.3) is 0 Å². The molecule has 0 radical (unpaired) electrons. The summed E-state index contributed by atoms with van der Waals surface area (Å²) in [6.07, 6.45) is -3.64. The summed E-state index contributed by atoms with van der Waals surface area (Å²) in [6.45, 7) is -0.595. The van der Waals surface area contributed by atoms with Gasteiger partial charge in [-0.3, -0.25) is 0 Å². The number of aliphatic hydroxyl groups is 1. The smallest absolute Gasteiger partial charge is 0.380 e. The van der Waals surface area contributed by atoms with E-state index in [1.165, 1.54) is 13.2 Å². The third-order valence-corrected chi connectivity index (χ3v) is 3.62. The van der Waals surface area contributed by atoms with Gasteiger partial charge in [0.1, 0.15) is 11.5 Å². The van der Waals surface area contributed by atoms with Crippen LogP contribution in [0.5, 0.6) is 0 Å². The Labute approximate surface area is 139 Å². The Morgan fingerprint density at radius 3 is 2.32 bits per heavy atom. The number of aromatic nitrogens is 2. The Bertz CT molecular complexity index is 788. The van der Waals surface area contributed by atoms with Crippen LogP contribution >= 0.6 is 0 Å². The Balaban J connectivity index is 2.22. The first kappa shape index (κ1) is 18.7. The summed E-state index contributed by atoms with van der Waals surface area (Å²) in [5.41, 5.74) is -4.23. The van der Waals surface area contributed by atoms with Gasteiger partial charge in [0.05, 0.1) is 11.6 Å². The number of alkyl halides is 3. The Hall–Kier alpha value is -2.67. The fraction of sp³-hybridized carbons (Fsp3) is 0.333. The molecular weight excluding hydrogens is 347 g/mol. The van der Waals surface area contributed by atoms with E-state index in [4.69, 9.17) is 5.26 Å². The number of nitriles is 1. The molecule has 1 aromatic heterocycles. The van der Waals surface area contributed by atoms with E-state index in [0.717, 1.165) is 22.9 Å². The molecule has 10 heteroatoms. The molecule has 0 amide bonds. The van der Waals surface area contributed by atoms with Gasteiger partial charge in [-0.2, -0.15) is 18.4 Å². The van der Waals surface area contributed by atoms with Crippen LogP contribution in [0.15, 0.2) is 24.5 Å². The molecule has 2 rings (SSSR count). The maximum absolute atomic E-state index is 13.7. The molecule has 2 aromatic rings. The number of nitrogens with one attached hydrogen (secondary N) is 1. The van der Waals surface area contributed by atoms with Crippen LogP contribution in [0, 0.1) is 23.0 Å².